The molecule has 0 aliphatic heterocycles. The maximum Gasteiger partial charge on any atom is 0.339 e. The summed E-state index contributed by atoms with van der Waals surface area (Å²) < 4.78 is 15.2. The van der Waals surface area contributed by atoms with E-state index in [0.29, 0.717) is 16.7 Å². The zero-order chi connectivity index (χ0) is 11.5. The van der Waals surface area contributed by atoms with Crippen molar-refractivity contribution in [3.63, 3.8) is 0 Å². The van der Waals surface area contributed by atoms with Crippen LogP contribution in [0.5, 0.6) is 5.75 Å². The van der Waals surface area contributed by atoms with Gasteiger partial charge in [0, 0.05) is 7.11 Å². The Morgan fingerprint density at radius 2 is 2.31 bits per heavy atom. The second-order valence-electron chi connectivity index (χ2n) is 3.13. The molecule has 0 unspecified atom stereocenters. The third kappa shape index (κ3) is 1.72. The molecular formula is C11H10O5. The number of carboxylic acids is 1. The average molecular weight is 222 g/mol. The maximum absolute atomic E-state index is 11.0. The lowest BCUT2D eigenvalue weighted by molar-refractivity contribution is 0.0520. The van der Waals surface area contributed by atoms with Crippen LogP contribution in [-0.2, 0) is 4.74 Å². The molecule has 0 aliphatic carbocycles. The Kier molecular flexibility index (Phi) is 2.78. The van der Waals surface area contributed by atoms with E-state index in [2.05, 4.69) is 0 Å². The lowest BCUT2D eigenvalue weighted by Gasteiger charge is -2.05. The summed E-state index contributed by atoms with van der Waals surface area (Å²) in [5.74, 6) is -0.613. The molecule has 0 saturated carbocycles. The molecule has 84 valence electrons. The number of benzene rings is 1. The molecule has 0 fully saturated rings. The Hall–Kier alpha value is -2.01. The molecule has 1 N–H and O–H groups in total. The molecule has 16 heavy (non-hydrogen) atoms. The molecule has 1 heterocycles. The Morgan fingerprint density at radius 1 is 1.50 bits per heavy atom. The SMILES string of the molecule is COCOc1cccc2occ(C(=O)O)c12. The molecule has 0 atom stereocenters. The highest BCUT2D eigenvalue weighted by Gasteiger charge is 2.16. The van der Waals surface area contributed by atoms with Crippen molar-refractivity contribution < 1.29 is 23.8 Å². The first-order valence-corrected chi connectivity index (χ1v) is 4.59. The van der Waals surface area contributed by atoms with Gasteiger partial charge in [0.25, 0.3) is 0 Å². The standard InChI is InChI=1S/C11H10O5/c1-14-6-16-9-4-2-3-8-10(9)7(5-15-8)11(12)13/h2-5H,6H2,1H3,(H,12,13). The number of carbonyl (C=O) groups is 1. The van der Waals surface area contributed by atoms with Crippen LogP contribution in [-0.4, -0.2) is 25.0 Å². The van der Waals surface area contributed by atoms with E-state index < -0.39 is 5.97 Å². The van der Waals surface area contributed by atoms with Crippen LogP contribution in [0.2, 0.25) is 0 Å². The van der Waals surface area contributed by atoms with Crippen molar-refractivity contribution in [3.05, 3.63) is 30.0 Å². The van der Waals surface area contributed by atoms with Crippen molar-refractivity contribution in [1.29, 1.82) is 0 Å². The minimum Gasteiger partial charge on any atom is -0.478 e. The molecule has 1 aromatic heterocycles. The zero-order valence-corrected chi connectivity index (χ0v) is 8.60. The van der Waals surface area contributed by atoms with Crippen LogP contribution in [0.3, 0.4) is 0 Å². The van der Waals surface area contributed by atoms with Crippen molar-refractivity contribution in [2.45, 2.75) is 0 Å². The van der Waals surface area contributed by atoms with Crippen LogP contribution < -0.4 is 4.74 Å². The summed E-state index contributed by atoms with van der Waals surface area (Å²) in [5, 5.41) is 9.43. The second kappa shape index (κ2) is 4.24. The predicted octanol–water partition coefficient (Wildman–Crippen LogP) is 2.11. The van der Waals surface area contributed by atoms with E-state index in [1.807, 2.05) is 0 Å². The molecule has 5 heteroatoms. The fourth-order valence-corrected chi connectivity index (χ4v) is 1.46. The number of rotatable bonds is 4. The number of fused-ring (bicyclic) bond motifs is 1. The smallest absolute Gasteiger partial charge is 0.339 e. The first-order chi connectivity index (χ1) is 7.74. The number of hydrogen-bond donors (Lipinski definition) is 1. The Balaban J connectivity index is 2.54. The fourth-order valence-electron chi connectivity index (χ4n) is 1.46. The van der Waals surface area contributed by atoms with Crippen molar-refractivity contribution in [2.75, 3.05) is 13.9 Å². The van der Waals surface area contributed by atoms with Crippen LogP contribution in [0.1, 0.15) is 10.4 Å². The van der Waals surface area contributed by atoms with Crippen molar-refractivity contribution >= 4 is 16.9 Å². The van der Waals surface area contributed by atoms with Crippen LogP contribution >= 0.6 is 0 Å². The van der Waals surface area contributed by atoms with Gasteiger partial charge in [-0.15, -0.1) is 0 Å². The molecule has 0 bridgehead atoms. The Bertz CT molecular complexity index is 514. The van der Waals surface area contributed by atoms with Crippen LogP contribution in [0.15, 0.2) is 28.9 Å². The lowest BCUT2D eigenvalue weighted by atomic mass is 10.1. The molecule has 0 amide bonds. The van der Waals surface area contributed by atoms with Gasteiger partial charge in [-0.25, -0.2) is 4.79 Å². The number of methoxy groups -OCH3 is 1. The molecule has 0 saturated heterocycles. The first-order valence-electron chi connectivity index (χ1n) is 4.59. The van der Waals surface area contributed by atoms with Gasteiger partial charge < -0.3 is 19.0 Å². The van der Waals surface area contributed by atoms with E-state index >= 15 is 0 Å². The molecule has 0 radical (unpaired) electrons. The van der Waals surface area contributed by atoms with Gasteiger partial charge in [0.2, 0.25) is 0 Å². The largest absolute Gasteiger partial charge is 0.478 e. The van der Waals surface area contributed by atoms with Crippen LogP contribution in [0.4, 0.5) is 0 Å². The summed E-state index contributed by atoms with van der Waals surface area (Å²) in [4.78, 5) is 11.0. The summed E-state index contributed by atoms with van der Waals surface area (Å²) >= 11 is 0. The topological polar surface area (TPSA) is 68.9 Å². The van der Waals surface area contributed by atoms with E-state index in [1.165, 1.54) is 13.4 Å². The summed E-state index contributed by atoms with van der Waals surface area (Å²) in [6, 6.07) is 5.08. The normalized spacial score (nSPS) is 10.6. The third-order valence-corrected chi connectivity index (χ3v) is 2.12. The Labute approximate surface area is 91.2 Å². The van der Waals surface area contributed by atoms with Gasteiger partial charge in [-0.2, -0.15) is 0 Å². The highest BCUT2D eigenvalue weighted by Crippen LogP contribution is 2.30. The van der Waals surface area contributed by atoms with Gasteiger partial charge in [0.05, 0.1) is 5.39 Å². The van der Waals surface area contributed by atoms with Gasteiger partial charge in [-0.05, 0) is 12.1 Å². The second-order valence-corrected chi connectivity index (χ2v) is 3.13. The van der Waals surface area contributed by atoms with E-state index in [0.717, 1.165) is 0 Å². The van der Waals surface area contributed by atoms with E-state index in [9.17, 15) is 4.79 Å². The van der Waals surface area contributed by atoms with Gasteiger partial charge >= 0.3 is 5.97 Å². The van der Waals surface area contributed by atoms with Gasteiger partial charge in [0.15, 0.2) is 6.79 Å². The fraction of sp³-hybridized carbons (Fsp3) is 0.182. The molecule has 0 aliphatic rings. The van der Waals surface area contributed by atoms with E-state index in [4.69, 9.17) is 19.0 Å². The van der Waals surface area contributed by atoms with Crippen LogP contribution in [0, 0.1) is 0 Å². The number of ether oxygens (including phenoxy) is 2. The first kappa shape index (κ1) is 10.5. The van der Waals surface area contributed by atoms with Gasteiger partial charge in [0.1, 0.15) is 23.2 Å². The van der Waals surface area contributed by atoms with E-state index in [1.54, 1.807) is 18.2 Å². The van der Waals surface area contributed by atoms with Crippen molar-refractivity contribution in [1.82, 2.24) is 0 Å². The van der Waals surface area contributed by atoms with Crippen molar-refractivity contribution in [2.24, 2.45) is 0 Å². The summed E-state index contributed by atoms with van der Waals surface area (Å²) in [7, 11) is 1.49. The van der Waals surface area contributed by atoms with Gasteiger partial charge in [-0.1, -0.05) is 6.07 Å². The molecule has 0 spiro atoms. The quantitative estimate of drug-likeness (QED) is 0.802. The predicted molar refractivity (Wildman–Crippen MR) is 55.7 cm³/mol. The summed E-state index contributed by atoms with van der Waals surface area (Å²) in [6.45, 7) is 0.0589. The van der Waals surface area contributed by atoms with Crippen LogP contribution in [0.25, 0.3) is 11.0 Å². The number of carboxylic acid groups (broad SMARTS) is 1. The monoisotopic (exact) mass is 222 g/mol. The zero-order valence-electron chi connectivity index (χ0n) is 8.60. The highest BCUT2D eigenvalue weighted by molar-refractivity contribution is 6.04. The van der Waals surface area contributed by atoms with Crippen molar-refractivity contribution in [3.8, 4) is 5.75 Å². The highest BCUT2D eigenvalue weighted by atomic mass is 16.7. The molecule has 5 nitrogen and oxygen atoms in total. The Morgan fingerprint density at radius 3 is 3.00 bits per heavy atom. The average Bonchev–Trinajstić information content (AvgIpc) is 2.70. The third-order valence-electron chi connectivity index (χ3n) is 2.12. The summed E-state index contributed by atoms with van der Waals surface area (Å²) in [5.41, 5.74) is 0.563. The minimum absolute atomic E-state index is 0.0589. The molecule has 1 aromatic carbocycles. The number of hydrogen-bond acceptors (Lipinski definition) is 4. The lowest BCUT2D eigenvalue weighted by Crippen LogP contribution is -2.01. The van der Waals surface area contributed by atoms with E-state index in [-0.39, 0.29) is 12.4 Å². The number of furan rings is 1. The molecule has 2 rings (SSSR count). The molecular weight excluding hydrogens is 212 g/mol. The number of aromatic carboxylic acids is 1. The maximum atomic E-state index is 11.0. The minimum atomic E-state index is -1.05. The molecule has 2 aromatic rings. The van der Waals surface area contributed by atoms with Gasteiger partial charge in [-0.3, -0.25) is 0 Å². The summed E-state index contributed by atoms with van der Waals surface area (Å²) in [6.07, 6.45) is 1.20.